The lowest BCUT2D eigenvalue weighted by Crippen LogP contribution is -2.50. The normalized spacial score (nSPS) is 30.7. The number of aliphatic carboxylic acids is 1. The van der Waals surface area contributed by atoms with Gasteiger partial charge in [-0.2, -0.15) is 0 Å². The zero-order valence-corrected chi connectivity index (χ0v) is 15.4. The van der Waals surface area contributed by atoms with Crippen LogP contribution in [0.5, 0.6) is 0 Å². The van der Waals surface area contributed by atoms with Crippen molar-refractivity contribution >= 4 is 5.97 Å². The Kier molecular flexibility index (Phi) is 5.77. The first-order valence-electron chi connectivity index (χ1n) is 9.28. The van der Waals surface area contributed by atoms with Crippen molar-refractivity contribution in [3.8, 4) is 0 Å². The summed E-state index contributed by atoms with van der Waals surface area (Å²) in [5.41, 5.74) is 1.71. The van der Waals surface area contributed by atoms with Crippen LogP contribution in [0.4, 0.5) is 0 Å². The predicted molar refractivity (Wildman–Crippen MR) is 97.9 cm³/mol. The Morgan fingerprint density at radius 3 is 2.88 bits per heavy atom. The fraction of sp³-hybridized carbons (Fsp3) is 0.650. The van der Waals surface area contributed by atoms with Crippen molar-refractivity contribution in [3.63, 3.8) is 0 Å². The maximum Gasteiger partial charge on any atom is 0.317 e. The van der Waals surface area contributed by atoms with Gasteiger partial charge in [0.05, 0.1) is 19.3 Å². The maximum atomic E-state index is 10.8. The highest BCUT2D eigenvalue weighted by Gasteiger charge is 2.40. The molecule has 5 heteroatoms. The monoisotopic (exact) mass is 346 g/mol. The predicted octanol–water partition coefficient (Wildman–Crippen LogP) is 2.21. The molecule has 3 rings (SSSR count). The molecule has 1 saturated carbocycles. The van der Waals surface area contributed by atoms with E-state index in [0.29, 0.717) is 12.6 Å². The molecule has 2 fully saturated rings. The van der Waals surface area contributed by atoms with Crippen LogP contribution in [0.25, 0.3) is 0 Å². The Morgan fingerprint density at radius 2 is 2.16 bits per heavy atom. The van der Waals surface area contributed by atoms with Crippen LogP contribution in [-0.2, 0) is 14.9 Å². The van der Waals surface area contributed by atoms with Gasteiger partial charge in [-0.25, -0.2) is 0 Å². The minimum absolute atomic E-state index is 0.0648. The Balaban J connectivity index is 1.56. The van der Waals surface area contributed by atoms with Gasteiger partial charge in [-0.3, -0.25) is 14.6 Å². The number of nitrogens with zero attached hydrogens (tertiary/aromatic N) is 2. The number of hydrogen-bond acceptors (Lipinski definition) is 4. The Morgan fingerprint density at radius 1 is 1.40 bits per heavy atom. The van der Waals surface area contributed by atoms with Gasteiger partial charge in [-0.1, -0.05) is 37.3 Å². The van der Waals surface area contributed by atoms with E-state index in [1.807, 2.05) is 11.9 Å². The molecule has 3 atom stereocenters. The summed E-state index contributed by atoms with van der Waals surface area (Å²) in [4.78, 5) is 15.2. The number of morpholine rings is 1. The minimum Gasteiger partial charge on any atom is -0.480 e. The van der Waals surface area contributed by atoms with Gasteiger partial charge in [0.1, 0.15) is 0 Å². The van der Waals surface area contributed by atoms with Crippen LogP contribution in [0.1, 0.15) is 31.7 Å². The van der Waals surface area contributed by atoms with Gasteiger partial charge < -0.3 is 9.84 Å². The van der Waals surface area contributed by atoms with E-state index in [4.69, 9.17) is 9.84 Å². The van der Waals surface area contributed by atoms with Gasteiger partial charge in [0.15, 0.2) is 0 Å². The number of hydrogen-bond donors (Lipinski definition) is 1. The Labute approximate surface area is 150 Å². The van der Waals surface area contributed by atoms with Crippen LogP contribution in [0, 0.1) is 0 Å². The number of rotatable bonds is 6. The number of carboxylic acid groups (broad SMARTS) is 1. The largest absolute Gasteiger partial charge is 0.480 e. The van der Waals surface area contributed by atoms with Crippen molar-refractivity contribution in [1.82, 2.24) is 9.80 Å². The lowest BCUT2D eigenvalue weighted by atomic mass is 9.81. The van der Waals surface area contributed by atoms with Crippen LogP contribution < -0.4 is 0 Å². The summed E-state index contributed by atoms with van der Waals surface area (Å²) in [6.07, 6.45) is 3.74. The Hall–Kier alpha value is -1.43. The van der Waals surface area contributed by atoms with Gasteiger partial charge >= 0.3 is 5.97 Å². The van der Waals surface area contributed by atoms with E-state index in [-0.39, 0.29) is 18.1 Å². The fourth-order valence-corrected chi connectivity index (χ4v) is 4.45. The SMILES string of the molecule is CN(CC(=O)O)CC1CN(C2CCC(C)(c3ccccc3)C2)CCO1. The molecule has 138 valence electrons. The molecule has 1 aliphatic heterocycles. The molecule has 1 aliphatic carbocycles. The second-order valence-electron chi connectivity index (χ2n) is 7.90. The number of ether oxygens (including phenoxy) is 1. The summed E-state index contributed by atoms with van der Waals surface area (Å²) in [6.45, 7) is 5.75. The Bertz CT molecular complexity index is 580. The van der Waals surface area contributed by atoms with Gasteiger partial charge in [0.25, 0.3) is 0 Å². The average molecular weight is 346 g/mol. The maximum absolute atomic E-state index is 10.8. The summed E-state index contributed by atoms with van der Waals surface area (Å²) in [5, 5.41) is 8.91. The van der Waals surface area contributed by atoms with E-state index < -0.39 is 5.97 Å². The first-order valence-corrected chi connectivity index (χ1v) is 9.28. The quantitative estimate of drug-likeness (QED) is 0.856. The molecule has 0 aromatic heterocycles. The molecule has 2 aliphatic rings. The molecule has 5 nitrogen and oxygen atoms in total. The van der Waals surface area contributed by atoms with Gasteiger partial charge in [-0.05, 0) is 37.3 Å². The highest BCUT2D eigenvalue weighted by atomic mass is 16.5. The second kappa shape index (κ2) is 7.85. The van der Waals surface area contributed by atoms with Crippen molar-refractivity contribution in [2.24, 2.45) is 0 Å². The molecule has 3 unspecified atom stereocenters. The number of benzene rings is 1. The summed E-state index contributed by atoms with van der Waals surface area (Å²) in [5.74, 6) is -0.787. The molecule has 0 radical (unpaired) electrons. The third-order valence-corrected chi connectivity index (χ3v) is 5.79. The molecule has 1 heterocycles. The third kappa shape index (κ3) is 4.60. The van der Waals surface area contributed by atoms with Crippen molar-refractivity contribution in [2.45, 2.75) is 43.7 Å². The van der Waals surface area contributed by atoms with E-state index in [0.717, 1.165) is 19.7 Å². The first-order chi connectivity index (χ1) is 12.0. The van der Waals surface area contributed by atoms with Crippen LogP contribution in [-0.4, -0.2) is 72.9 Å². The minimum atomic E-state index is -0.787. The fourth-order valence-electron chi connectivity index (χ4n) is 4.45. The van der Waals surface area contributed by atoms with E-state index in [2.05, 4.69) is 42.2 Å². The summed E-state index contributed by atoms with van der Waals surface area (Å²) in [6, 6.07) is 11.5. The third-order valence-electron chi connectivity index (χ3n) is 5.79. The van der Waals surface area contributed by atoms with Crippen molar-refractivity contribution in [2.75, 3.05) is 39.8 Å². The highest BCUT2D eigenvalue weighted by molar-refractivity contribution is 5.69. The van der Waals surface area contributed by atoms with Crippen molar-refractivity contribution < 1.29 is 14.6 Å². The molecular formula is C20H30N2O3. The van der Waals surface area contributed by atoms with Gasteiger partial charge in [0, 0.05) is 25.7 Å². The zero-order valence-electron chi connectivity index (χ0n) is 15.4. The van der Waals surface area contributed by atoms with Crippen LogP contribution in [0.15, 0.2) is 30.3 Å². The van der Waals surface area contributed by atoms with E-state index in [1.54, 1.807) is 0 Å². The van der Waals surface area contributed by atoms with E-state index in [1.165, 1.54) is 24.8 Å². The molecule has 1 saturated heterocycles. The molecule has 1 N–H and O–H groups in total. The van der Waals surface area contributed by atoms with Gasteiger partial charge in [0.2, 0.25) is 0 Å². The lowest BCUT2D eigenvalue weighted by molar-refractivity contribution is -0.138. The summed E-state index contributed by atoms with van der Waals surface area (Å²) in [7, 11) is 1.85. The zero-order chi connectivity index (χ0) is 17.9. The number of carbonyl (C=O) groups is 1. The summed E-state index contributed by atoms with van der Waals surface area (Å²) >= 11 is 0. The first kappa shape index (κ1) is 18.4. The van der Waals surface area contributed by atoms with Crippen LogP contribution in [0.3, 0.4) is 0 Å². The molecule has 0 amide bonds. The van der Waals surface area contributed by atoms with E-state index in [9.17, 15) is 4.79 Å². The van der Waals surface area contributed by atoms with Crippen LogP contribution >= 0.6 is 0 Å². The molecule has 1 aromatic rings. The molecule has 1 aromatic carbocycles. The highest BCUT2D eigenvalue weighted by Crippen LogP contribution is 2.42. The van der Waals surface area contributed by atoms with Gasteiger partial charge in [-0.15, -0.1) is 0 Å². The molecule has 25 heavy (non-hydrogen) atoms. The topological polar surface area (TPSA) is 53.0 Å². The lowest BCUT2D eigenvalue weighted by Gasteiger charge is -2.38. The standard InChI is InChI=1S/C20H30N2O3/c1-20(16-6-4-3-5-7-16)9-8-17(12-20)22-10-11-25-18(14-22)13-21(2)15-19(23)24/h3-7,17-18H,8-15H2,1-2H3,(H,23,24). The summed E-state index contributed by atoms with van der Waals surface area (Å²) < 4.78 is 5.88. The molecular weight excluding hydrogens is 316 g/mol. The average Bonchev–Trinajstić information content (AvgIpc) is 2.99. The van der Waals surface area contributed by atoms with Crippen molar-refractivity contribution in [1.29, 1.82) is 0 Å². The molecule has 0 bridgehead atoms. The number of carboxylic acids is 1. The van der Waals surface area contributed by atoms with Crippen LogP contribution in [0.2, 0.25) is 0 Å². The van der Waals surface area contributed by atoms with E-state index >= 15 is 0 Å². The molecule has 0 spiro atoms. The van der Waals surface area contributed by atoms with Crippen molar-refractivity contribution in [3.05, 3.63) is 35.9 Å². The smallest absolute Gasteiger partial charge is 0.317 e. The number of likely N-dealkylation sites (N-methyl/N-ethyl adjacent to an activating group) is 1. The second-order valence-corrected chi connectivity index (χ2v) is 7.90.